The van der Waals surface area contributed by atoms with Gasteiger partial charge in [-0.3, -0.25) is 9.59 Å². The van der Waals surface area contributed by atoms with Crippen LogP contribution in [0.1, 0.15) is 38.2 Å². The average Bonchev–Trinajstić information content (AvgIpc) is 2.58. The summed E-state index contributed by atoms with van der Waals surface area (Å²) in [5, 5.41) is 5.57. The number of aldehydes is 1. The lowest BCUT2D eigenvalue weighted by Gasteiger charge is -2.13. The lowest BCUT2D eigenvalue weighted by molar-refractivity contribution is -0.122. The SMILES string of the molecule is COCc1ccc(NC(=O)C(C)CNC(=O)CCCCC=O)cc1. The Kier molecular flexibility index (Phi) is 9.38. The van der Waals surface area contributed by atoms with Crippen molar-refractivity contribution in [1.82, 2.24) is 5.32 Å². The Morgan fingerprint density at radius 3 is 2.54 bits per heavy atom. The highest BCUT2D eigenvalue weighted by atomic mass is 16.5. The molecule has 0 aromatic heterocycles. The number of unbranched alkanes of at least 4 members (excludes halogenated alkanes) is 2. The fraction of sp³-hybridized carbons (Fsp3) is 0.500. The van der Waals surface area contributed by atoms with E-state index >= 15 is 0 Å². The fourth-order valence-corrected chi connectivity index (χ4v) is 2.08. The molecule has 0 fully saturated rings. The molecule has 1 rings (SSSR count). The number of benzene rings is 1. The topological polar surface area (TPSA) is 84.5 Å². The third kappa shape index (κ3) is 7.87. The predicted octanol–water partition coefficient (Wildman–Crippen LogP) is 2.28. The number of carbonyl (C=O) groups excluding carboxylic acids is 3. The molecule has 1 unspecified atom stereocenters. The van der Waals surface area contributed by atoms with E-state index in [2.05, 4.69) is 10.6 Å². The van der Waals surface area contributed by atoms with Crippen LogP contribution in [0, 0.1) is 5.92 Å². The lowest BCUT2D eigenvalue weighted by atomic mass is 10.1. The number of carbonyl (C=O) groups is 3. The molecule has 0 radical (unpaired) electrons. The van der Waals surface area contributed by atoms with Crippen LogP contribution in [-0.4, -0.2) is 31.8 Å². The molecule has 1 aromatic rings. The van der Waals surface area contributed by atoms with Crippen LogP contribution in [-0.2, 0) is 25.7 Å². The summed E-state index contributed by atoms with van der Waals surface area (Å²) in [5.41, 5.74) is 1.75. The number of rotatable bonds is 11. The van der Waals surface area contributed by atoms with Crippen molar-refractivity contribution in [3.63, 3.8) is 0 Å². The summed E-state index contributed by atoms with van der Waals surface area (Å²) < 4.78 is 5.04. The summed E-state index contributed by atoms with van der Waals surface area (Å²) in [4.78, 5) is 33.9. The number of anilines is 1. The number of hydrogen-bond donors (Lipinski definition) is 2. The molecule has 132 valence electrons. The maximum Gasteiger partial charge on any atom is 0.228 e. The first-order chi connectivity index (χ1) is 11.6. The Morgan fingerprint density at radius 2 is 1.92 bits per heavy atom. The molecule has 6 heteroatoms. The van der Waals surface area contributed by atoms with Gasteiger partial charge in [-0.1, -0.05) is 19.1 Å². The number of nitrogens with one attached hydrogen (secondary N) is 2. The Bertz CT molecular complexity index is 528. The zero-order valence-corrected chi connectivity index (χ0v) is 14.3. The van der Waals surface area contributed by atoms with Gasteiger partial charge in [-0.15, -0.1) is 0 Å². The first kappa shape index (κ1) is 19.8. The van der Waals surface area contributed by atoms with E-state index in [9.17, 15) is 14.4 Å². The van der Waals surface area contributed by atoms with Gasteiger partial charge in [0.15, 0.2) is 0 Å². The summed E-state index contributed by atoms with van der Waals surface area (Å²) in [6.45, 7) is 2.59. The van der Waals surface area contributed by atoms with Gasteiger partial charge < -0.3 is 20.2 Å². The maximum atomic E-state index is 12.1. The van der Waals surface area contributed by atoms with Crippen molar-refractivity contribution in [3.05, 3.63) is 29.8 Å². The Balaban J connectivity index is 2.31. The van der Waals surface area contributed by atoms with E-state index in [1.807, 2.05) is 24.3 Å². The highest BCUT2D eigenvalue weighted by Crippen LogP contribution is 2.11. The molecule has 0 aliphatic heterocycles. The molecule has 2 N–H and O–H groups in total. The Labute approximate surface area is 143 Å². The minimum absolute atomic E-state index is 0.0931. The molecule has 0 aliphatic rings. The van der Waals surface area contributed by atoms with Crippen LogP contribution in [0.15, 0.2) is 24.3 Å². The first-order valence-corrected chi connectivity index (χ1v) is 8.16. The lowest BCUT2D eigenvalue weighted by Crippen LogP contribution is -2.34. The van der Waals surface area contributed by atoms with Crippen LogP contribution >= 0.6 is 0 Å². The third-order valence-electron chi connectivity index (χ3n) is 3.56. The van der Waals surface area contributed by atoms with Crippen LogP contribution in [0.3, 0.4) is 0 Å². The minimum atomic E-state index is -0.331. The second kappa shape index (κ2) is 11.3. The zero-order chi connectivity index (χ0) is 17.8. The van der Waals surface area contributed by atoms with E-state index in [0.29, 0.717) is 44.5 Å². The monoisotopic (exact) mass is 334 g/mol. The largest absolute Gasteiger partial charge is 0.380 e. The minimum Gasteiger partial charge on any atom is -0.380 e. The zero-order valence-electron chi connectivity index (χ0n) is 14.3. The maximum absolute atomic E-state index is 12.1. The summed E-state index contributed by atoms with van der Waals surface area (Å²) in [6.07, 6.45) is 3.11. The van der Waals surface area contributed by atoms with Gasteiger partial charge in [0.25, 0.3) is 0 Å². The van der Waals surface area contributed by atoms with E-state index in [4.69, 9.17) is 4.74 Å². The average molecular weight is 334 g/mol. The number of hydrogen-bond acceptors (Lipinski definition) is 4. The molecule has 0 aliphatic carbocycles. The normalized spacial score (nSPS) is 11.6. The van der Waals surface area contributed by atoms with Gasteiger partial charge in [0, 0.05) is 32.2 Å². The fourth-order valence-electron chi connectivity index (χ4n) is 2.08. The Morgan fingerprint density at radius 1 is 1.21 bits per heavy atom. The molecule has 0 saturated heterocycles. The van der Waals surface area contributed by atoms with E-state index < -0.39 is 0 Å². The summed E-state index contributed by atoms with van der Waals surface area (Å²) in [7, 11) is 1.63. The molecule has 2 amide bonds. The highest BCUT2D eigenvalue weighted by molar-refractivity contribution is 5.92. The van der Waals surface area contributed by atoms with Gasteiger partial charge >= 0.3 is 0 Å². The van der Waals surface area contributed by atoms with Gasteiger partial charge in [-0.25, -0.2) is 0 Å². The van der Waals surface area contributed by atoms with Crippen molar-refractivity contribution in [2.24, 2.45) is 5.92 Å². The highest BCUT2D eigenvalue weighted by Gasteiger charge is 2.14. The first-order valence-electron chi connectivity index (χ1n) is 8.16. The van der Waals surface area contributed by atoms with Crippen molar-refractivity contribution < 1.29 is 19.1 Å². The van der Waals surface area contributed by atoms with E-state index in [-0.39, 0.29) is 17.7 Å². The summed E-state index contributed by atoms with van der Waals surface area (Å²) in [6, 6.07) is 7.44. The molecule has 0 spiro atoms. The van der Waals surface area contributed by atoms with Gasteiger partial charge in [-0.2, -0.15) is 0 Å². The number of ether oxygens (including phenoxy) is 1. The molecule has 24 heavy (non-hydrogen) atoms. The summed E-state index contributed by atoms with van der Waals surface area (Å²) in [5.74, 6) is -0.567. The van der Waals surface area contributed by atoms with E-state index in [0.717, 1.165) is 11.8 Å². The van der Waals surface area contributed by atoms with Crippen molar-refractivity contribution in [3.8, 4) is 0 Å². The second-order valence-corrected chi connectivity index (χ2v) is 5.74. The predicted molar refractivity (Wildman–Crippen MR) is 92.5 cm³/mol. The number of methoxy groups -OCH3 is 1. The molecule has 0 saturated carbocycles. The summed E-state index contributed by atoms with van der Waals surface area (Å²) >= 11 is 0. The second-order valence-electron chi connectivity index (χ2n) is 5.74. The van der Waals surface area contributed by atoms with Crippen LogP contribution in [0.4, 0.5) is 5.69 Å². The van der Waals surface area contributed by atoms with Gasteiger partial charge in [0.2, 0.25) is 11.8 Å². The molecule has 0 bridgehead atoms. The van der Waals surface area contributed by atoms with Crippen LogP contribution < -0.4 is 10.6 Å². The standard InChI is InChI=1S/C18H26N2O4/c1-14(12-19-17(22)6-4-3-5-11-21)18(23)20-16-9-7-15(8-10-16)13-24-2/h7-11,14H,3-6,12-13H2,1-2H3,(H,19,22)(H,20,23). The molecule has 1 atom stereocenters. The van der Waals surface area contributed by atoms with E-state index in [1.54, 1.807) is 14.0 Å². The van der Waals surface area contributed by atoms with Crippen molar-refractivity contribution in [2.75, 3.05) is 19.0 Å². The molecule has 0 heterocycles. The molecule has 6 nitrogen and oxygen atoms in total. The van der Waals surface area contributed by atoms with Crippen LogP contribution in [0.2, 0.25) is 0 Å². The van der Waals surface area contributed by atoms with E-state index in [1.165, 1.54) is 0 Å². The van der Waals surface area contributed by atoms with Gasteiger partial charge in [-0.05, 0) is 30.5 Å². The van der Waals surface area contributed by atoms with Gasteiger partial charge in [0.1, 0.15) is 6.29 Å². The third-order valence-corrected chi connectivity index (χ3v) is 3.56. The van der Waals surface area contributed by atoms with Crippen LogP contribution in [0.25, 0.3) is 0 Å². The Hall–Kier alpha value is -2.21. The molecular formula is C18H26N2O4. The molecular weight excluding hydrogens is 308 g/mol. The van der Waals surface area contributed by atoms with Crippen LogP contribution in [0.5, 0.6) is 0 Å². The van der Waals surface area contributed by atoms with Gasteiger partial charge in [0.05, 0.1) is 12.5 Å². The molecule has 1 aromatic carbocycles. The quantitative estimate of drug-likeness (QED) is 0.480. The van der Waals surface area contributed by atoms with Crippen molar-refractivity contribution in [1.29, 1.82) is 0 Å². The number of amides is 2. The smallest absolute Gasteiger partial charge is 0.228 e. The van der Waals surface area contributed by atoms with Crippen molar-refractivity contribution in [2.45, 2.75) is 39.2 Å². The van der Waals surface area contributed by atoms with Crippen molar-refractivity contribution >= 4 is 23.8 Å².